The molecule has 6 aromatic rings. The molecule has 0 bridgehead atoms. The lowest BCUT2D eigenvalue weighted by Gasteiger charge is -2.48. The molecule has 0 spiro atoms. The molecule has 0 fully saturated rings. The molecule has 4 aliphatic carbocycles. The third-order valence-electron chi connectivity index (χ3n) is 20.9. The molecule has 2 aliphatic heterocycles. The van der Waals surface area contributed by atoms with Crippen LogP contribution in [0.15, 0.2) is 83.3 Å². The molecular weight excluding hydrogens is 912 g/mol. The molecule has 0 radical (unpaired) electrons. The molecule has 6 aliphatic rings. The van der Waals surface area contributed by atoms with Crippen molar-refractivity contribution in [3.05, 3.63) is 129 Å². The molecule has 3 heterocycles. The number of nitrogens with zero attached hydrogens (tertiary/aromatic N) is 2. The van der Waals surface area contributed by atoms with E-state index in [1.165, 1.54) is 131 Å². The number of hydrogen-bond donors (Lipinski definition) is 0. The Morgan fingerprint density at radius 1 is 0.446 bits per heavy atom. The van der Waals surface area contributed by atoms with Crippen molar-refractivity contribution >= 4 is 71.4 Å². The second kappa shape index (κ2) is 15.7. The second-order valence-electron chi connectivity index (χ2n) is 30.3. The maximum absolute atomic E-state index is 7.92. The first kappa shape index (κ1) is 50.1. The first-order valence-corrected chi connectivity index (χ1v) is 31.8. The normalized spacial score (nSPS) is 22.2. The van der Waals surface area contributed by atoms with Gasteiger partial charge in [0.25, 0.3) is 6.71 Å². The molecule has 5 heteroatoms. The quantitative estimate of drug-likeness (QED) is 0.164. The van der Waals surface area contributed by atoms with E-state index in [9.17, 15) is 0 Å². The first-order valence-electron chi connectivity index (χ1n) is 28.9. The average molecular weight is 999 g/mol. The number of furan rings is 1. The van der Waals surface area contributed by atoms with Crippen molar-refractivity contribution in [2.75, 3.05) is 9.80 Å². The Kier molecular flexibility index (Phi) is 10.6. The summed E-state index contributed by atoms with van der Waals surface area (Å²) in [6, 6.07) is 33.2. The molecule has 0 saturated carbocycles. The van der Waals surface area contributed by atoms with Gasteiger partial charge in [-0.1, -0.05) is 165 Å². The lowest BCUT2D eigenvalue weighted by molar-refractivity contribution is 0.282. The van der Waals surface area contributed by atoms with Crippen LogP contribution in [0.2, 0.25) is 13.1 Å². The van der Waals surface area contributed by atoms with Gasteiger partial charge < -0.3 is 14.2 Å². The summed E-state index contributed by atoms with van der Waals surface area (Å²) in [6.07, 6.45) is 9.25. The van der Waals surface area contributed by atoms with Gasteiger partial charge in [0, 0.05) is 39.3 Å². The molecule has 5 aromatic carbocycles. The SMILES string of the molecule is Cc1cc2c3c(c1)N(c1ccc4c(c1)C(C)(C)CCC4(C)C)c1c(oc4c1C(C)(C)CCC4(C)C)B3c1cc3c(cc1N2c1cc2c(cc1-c1ccc([SiH](C)C)cc1)C(C)(C)CCC2(C)C)C(C)(C)CCC3(C)C. The lowest BCUT2D eigenvalue weighted by atomic mass is 9.35. The largest absolute Gasteiger partial charge is 0.472 e. The van der Waals surface area contributed by atoms with Crippen LogP contribution in [0.3, 0.4) is 0 Å². The highest BCUT2D eigenvalue weighted by Crippen LogP contribution is 2.58. The van der Waals surface area contributed by atoms with Crippen LogP contribution in [0.1, 0.15) is 212 Å². The maximum atomic E-state index is 7.92. The van der Waals surface area contributed by atoms with E-state index < -0.39 is 8.80 Å². The van der Waals surface area contributed by atoms with Crippen LogP contribution in [0.25, 0.3) is 11.1 Å². The lowest BCUT2D eigenvalue weighted by Crippen LogP contribution is -2.61. The van der Waals surface area contributed by atoms with Gasteiger partial charge in [-0.25, -0.2) is 0 Å². The smallest absolute Gasteiger partial charge is 0.297 e. The Balaban J connectivity index is 1.24. The summed E-state index contributed by atoms with van der Waals surface area (Å²) >= 11 is 0. The van der Waals surface area contributed by atoms with E-state index in [1.54, 1.807) is 0 Å². The van der Waals surface area contributed by atoms with Crippen LogP contribution in [-0.2, 0) is 43.3 Å². The summed E-state index contributed by atoms with van der Waals surface area (Å²) in [7, 11) is -1.01. The molecule has 0 atom stereocenters. The van der Waals surface area contributed by atoms with Crippen LogP contribution in [-0.4, -0.2) is 15.5 Å². The number of rotatable bonds is 4. The van der Waals surface area contributed by atoms with Crippen molar-refractivity contribution < 1.29 is 4.42 Å². The Bertz CT molecular complexity index is 3350. The van der Waals surface area contributed by atoms with Gasteiger partial charge in [-0.15, -0.1) is 0 Å². The van der Waals surface area contributed by atoms with Gasteiger partial charge in [-0.05, 0) is 194 Å². The molecule has 74 heavy (non-hydrogen) atoms. The highest BCUT2D eigenvalue weighted by molar-refractivity contribution is 6.99. The number of anilines is 6. The zero-order valence-electron chi connectivity index (χ0n) is 49.1. The molecular formula is C69H87BN2OSi. The van der Waals surface area contributed by atoms with Gasteiger partial charge >= 0.3 is 0 Å². The van der Waals surface area contributed by atoms with Crippen molar-refractivity contribution in [2.45, 2.75) is 225 Å². The van der Waals surface area contributed by atoms with E-state index in [2.05, 4.69) is 219 Å². The summed E-state index contributed by atoms with van der Waals surface area (Å²) in [5.41, 5.74) is 26.0. The third kappa shape index (κ3) is 7.22. The number of aryl methyl sites for hydroxylation is 1. The van der Waals surface area contributed by atoms with Crippen LogP contribution in [0, 0.1) is 6.92 Å². The van der Waals surface area contributed by atoms with Gasteiger partial charge in [-0.3, -0.25) is 0 Å². The summed E-state index contributed by atoms with van der Waals surface area (Å²) in [6.45, 7) is 47.0. The van der Waals surface area contributed by atoms with Crippen molar-refractivity contribution in [1.82, 2.24) is 0 Å². The van der Waals surface area contributed by atoms with Gasteiger partial charge in [0.2, 0.25) is 0 Å². The molecule has 1 aromatic heterocycles. The van der Waals surface area contributed by atoms with E-state index in [4.69, 9.17) is 4.42 Å². The van der Waals surface area contributed by atoms with E-state index >= 15 is 0 Å². The third-order valence-corrected chi connectivity index (χ3v) is 22.6. The molecule has 0 unspecified atom stereocenters. The molecule has 0 saturated heterocycles. The molecule has 0 amide bonds. The number of hydrogen-bond acceptors (Lipinski definition) is 3. The van der Waals surface area contributed by atoms with Gasteiger partial charge in [0.1, 0.15) is 5.76 Å². The van der Waals surface area contributed by atoms with Crippen molar-refractivity contribution in [2.24, 2.45) is 0 Å². The Labute approximate surface area is 449 Å². The summed E-state index contributed by atoms with van der Waals surface area (Å²) in [4.78, 5) is 5.51. The van der Waals surface area contributed by atoms with Crippen LogP contribution in [0.5, 0.6) is 0 Å². The Hall–Kier alpha value is -4.74. The Morgan fingerprint density at radius 3 is 1.46 bits per heavy atom. The molecule has 0 N–H and O–H groups in total. The predicted octanol–water partition coefficient (Wildman–Crippen LogP) is 16.4. The molecule has 3 nitrogen and oxygen atoms in total. The zero-order valence-corrected chi connectivity index (χ0v) is 50.3. The summed E-state index contributed by atoms with van der Waals surface area (Å²) in [5.74, 6) is 1.19. The molecule has 386 valence electrons. The van der Waals surface area contributed by atoms with E-state index in [0.717, 1.165) is 37.8 Å². The van der Waals surface area contributed by atoms with Gasteiger partial charge in [-0.2, -0.15) is 0 Å². The van der Waals surface area contributed by atoms with Crippen molar-refractivity contribution in [3.8, 4) is 11.1 Å². The number of fused-ring (bicyclic) bond motifs is 9. The standard InChI is InChI=1S/C69H87BN2OSi/c1-41-34-55-58-56(35-41)72(53-39-50-48(64(6,7)28-30-66(50,10)11)37-45(53)42-20-23-44(24-21-42)74(18)19)54-40-51-49(65(8,9)29-31-67(51,12)13)38-52(54)70(58)61-59(57-60(73-61)69(16,17)33-32-68(57,14)15)71(55)43-22-25-46-47(36-43)63(4,5)27-26-62(46,2)3/h20-25,34-40,74H,26-33H2,1-19H3. The van der Waals surface area contributed by atoms with Crippen molar-refractivity contribution in [3.63, 3.8) is 0 Å². The highest BCUT2D eigenvalue weighted by Gasteiger charge is 2.54. The van der Waals surface area contributed by atoms with Gasteiger partial charge in [0.05, 0.1) is 25.8 Å². The number of benzene rings is 5. The minimum absolute atomic E-state index is 0.0198. The fourth-order valence-corrected chi connectivity index (χ4v) is 16.2. The van der Waals surface area contributed by atoms with Crippen LogP contribution >= 0.6 is 0 Å². The Morgan fingerprint density at radius 2 is 0.905 bits per heavy atom. The zero-order chi connectivity index (χ0) is 53.0. The first-order chi connectivity index (χ1) is 34.4. The maximum Gasteiger partial charge on any atom is 0.297 e. The van der Waals surface area contributed by atoms with Crippen LogP contribution < -0.4 is 31.6 Å². The highest BCUT2D eigenvalue weighted by atomic mass is 28.3. The minimum atomic E-state index is -1.01. The van der Waals surface area contributed by atoms with E-state index in [1.807, 2.05) is 0 Å². The molecule has 12 rings (SSSR count). The summed E-state index contributed by atoms with van der Waals surface area (Å²) in [5, 5.41) is 1.52. The fourth-order valence-electron chi connectivity index (χ4n) is 15.3. The average Bonchev–Trinajstić information content (AvgIpc) is 3.83. The van der Waals surface area contributed by atoms with E-state index in [-0.39, 0.29) is 50.0 Å². The predicted molar refractivity (Wildman–Crippen MR) is 323 cm³/mol. The fraction of sp³-hybridized carbons (Fsp3) is 0.507. The topological polar surface area (TPSA) is 19.6 Å². The monoisotopic (exact) mass is 999 g/mol. The van der Waals surface area contributed by atoms with E-state index in [0.29, 0.717) is 0 Å². The van der Waals surface area contributed by atoms with Gasteiger partial charge in [0.15, 0.2) is 0 Å². The van der Waals surface area contributed by atoms with Crippen molar-refractivity contribution in [1.29, 1.82) is 0 Å². The minimum Gasteiger partial charge on any atom is -0.472 e. The second-order valence-corrected chi connectivity index (χ2v) is 33.3. The van der Waals surface area contributed by atoms with Crippen LogP contribution in [0.4, 0.5) is 34.1 Å². The summed E-state index contributed by atoms with van der Waals surface area (Å²) < 4.78 is 7.92.